The monoisotopic (exact) mass is 357 g/mol. The molecule has 128 valence electrons. The largest absolute Gasteiger partial charge is 0.467 e. The molecule has 1 fully saturated rings. The van der Waals surface area contributed by atoms with E-state index in [0.29, 0.717) is 11.5 Å². The Morgan fingerprint density at radius 2 is 1.92 bits per heavy atom. The lowest BCUT2D eigenvalue weighted by Crippen LogP contribution is -2.42. The zero-order valence-corrected chi connectivity index (χ0v) is 14.4. The number of carbonyl (C=O) groups excluding carboxylic acids is 3. The van der Waals surface area contributed by atoms with Crippen LogP contribution in [0.1, 0.15) is 12.7 Å². The van der Waals surface area contributed by atoms with Gasteiger partial charge in [0.25, 0.3) is 11.1 Å². The van der Waals surface area contributed by atoms with Crippen molar-refractivity contribution in [3.05, 3.63) is 53.1 Å². The van der Waals surface area contributed by atoms with Crippen molar-refractivity contribution in [2.24, 2.45) is 0 Å². The Bertz CT molecular complexity index is 855. The van der Waals surface area contributed by atoms with Gasteiger partial charge in [-0.05, 0) is 30.8 Å². The average molecular weight is 357 g/mol. The standard InChI is InChI=1S/C18H15NO5S/c1-11(17(21)23-2)19-16(20)15(25-18(19)22)10-13-8-9-14(24-13)12-6-4-3-5-7-12/h3-11H,1-2H3/t11-/m0/s1. The lowest BCUT2D eigenvalue weighted by molar-refractivity contribution is -0.148. The van der Waals surface area contributed by atoms with E-state index in [4.69, 9.17) is 4.42 Å². The Hall–Kier alpha value is -2.80. The lowest BCUT2D eigenvalue weighted by Gasteiger charge is -2.18. The summed E-state index contributed by atoms with van der Waals surface area (Å²) in [5.41, 5.74) is 0.912. The Labute approximate surface area is 148 Å². The zero-order chi connectivity index (χ0) is 18.0. The van der Waals surface area contributed by atoms with Gasteiger partial charge in [-0.2, -0.15) is 0 Å². The molecular formula is C18H15NO5S. The summed E-state index contributed by atoms with van der Waals surface area (Å²) in [4.78, 5) is 37.2. The minimum absolute atomic E-state index is 0.203. The summed E-state index contributed by atoms with van der Waals surface area (Å²) >= 11 is 0.769. The van der Waals surface area contributed by atoms with Gasteiger partial charge in [-0.3, -0.25) is 14.5 Å². The number of hydrogen-bond acceptors (Lipinski definition) is 6. The van der Waals surface area contributed by atoms with Crippen LogP contribution in [0.25, 0.3) is 17.4 Å². The number of benzene rings is 1. The van der Waals surface area contributed by atoms with Gasteiger partial charge in [0, 0.05) is 11.6 Å². The van der Waals surface area contributed by atoms with Crippen molar-refractivity contribution in [2.45, 2.75) is 13.0 Å². The van der Waals surface area contributed by atoms with Crippen molar-refractivity contribution in [1.29, 1.82) is 0 Å². The maximum atomic E-state index is 12.4. The number of esters is 1. The highest BCUT2D eigenvalue weighted by Gasteiger charge is 2.41. The third-order valence-electron chi connectivity index (χ3n) is 3.71. The smallest absolute Gasteiger partial charge is 0.328 e. The number of carbonyl (C=O) groups is 3. The minimum atomic E-state index is -0.972. The fourth-order valence-electron chi connectivity index (χ4n) is 2.41. The maximum Gasteiger partial charge on any atom is 0.328 e. The van der Waals surface area contributed by atoms with E-state index in [1.165, 1.54) is 20.1 Å². The van der Waals surface area contributed by atoms with Gasteiger partial charge in [0.15, 0.2) is 0 Å². The van der Waals surface area contributed by atoms with E-state index in [9.17, 15) is 14.4 Å². The van der Waals surface area contributed by atoms with Gasteiger partial charge in [-0.25, -0.2) is 4.79 Å². The number of hydrogen-bond donors (Lipinski definition) is 0. The summed E-state index contributed by atoms with van der Waals surface area (Å²) in [5, 5.41) is -0.510. The topological polar surface area (TPSA) is 76.8 Å². The Balaban J connectivity index is 1.83. The number of methoxy groups -OCH3 is 1. The average Bonchev–Trinajstić information content (AvgIpc) is 3.19. The van der Waals surface area contributed by atoms with Gasteiger partial charge >= 0.3 is 5.97 Å². The van der Waals surface area contributed by atoms with Gasteiger partial charge < -0.3 is 9.15 Å². The summed E-state index contributed by atoms with van der Waals surface area (Å²) in [6.45, 7) is 1.45. The molecule has 0 aliphatic carbocycles. The van der Waals surface area contributed by atoms with Crippen molar-refractivity contribution in [3.8, 4) is 11.3 Å². The predicted molar refractivity (Wildman–Crippen MR) is 93.4 cm³/mol. The number of ether oxygens (including phenoxy) is 1. The van der Waals surface area contributed by atoms with Crippen molar-refractivity contribution in [1.82, 2.24) is 4.90 Å². The first-order valence-corrected chi connectivity index (χ1v) is 8.33. The molecule has 1 aliphatic rings. The Morgan fingerprint density at radius 3 is 2.60 bits per heavy atom. The molecule has 0 N–H and O–H groups in total. The third kappa shape index (κ3) is 3.36. The SMILES string of the molecule is COC(=O)[C@H](C)N1C(=O)SC(=Cc2ccc(-c3ccccc3)o2)C1=O. The summed E-state index contributed by atoms with van der Waals surface area (Å²) < 4.78 is 10.3. The Morgan fingerprint density at radius 1 is 1.20 bits per heavy atom. The number of thioether (sulfide) groups is 1. The quantitative estimate of drug-likeness (QED) is 0.615. The van der Waals surface area contributed by atoms with Crippen LogP contribution in [0.4, 0.5) is 4.79 Å². The number of imide groups is 1. The molecule has 1 atom stereocenters. The molecule has 0 saturated carbocycles. The summed E-state index contributed by atoms with van der Waals surface area (Å²) in [7, 11) is 1.21. The fourth-order valence-corrected chi connectivity index (χ4v) is 3.30. The van der Waals surface area contributed by atoms with Crippen LogP contribution in [0.5, 0.6) is 0 Å². The van der Waals surface area contributed by atoms with Gasteiger partial charge in [0.2, 0.25) is 0 Å². The van der Waals surface area contributed by atoms with Crippen LogP contribution in [-0.2, 0) is 14.3 Å². The highest BCUT2D eigenvalue weighted by Crippen LogP contribution is 2.34. The highest BCUT2D eigenvalue weighted by atomic mass is 32.2. The van der Waals surface area contributed by atoms with Gasteiger partial charge in [0.1, 0.15) is 17.6 Å². The number of furan rings is 1. The molecule has 1 aromatic carbocycles. The van der Waals surface area contributed by atoms with Crippen LogP contribution >= 0.6 is 11.8 Å². The van der Waals surface area contributed by atoms with Crippen LogP contribution in [0.3, 0.4) is 0 Å². The van der Waals surface area contributed by atoms with E-state index < -0.39 is 23.2 Å². The van der Waals surface area contributed by atoms with E-state index >= 15 is 0 Å². The molecule has 0 radical (unpaired) electrons. The van der Waals surface area contributed by atoms with Crippen LogP contribution in [-0.4, -0.2) is 35.2 Å². The molecule has 25 heavy (non-hydrogen) atoms. The first-order chi connectivity index (χ1) is 12.0. The molecule has 1 aromatic heterocycles. The van der Waals surface area contributed by atoms with Crippen molar-refractivity contribution in [2.75, 3.05) is 7.11 Å². The maximum absolute atomic E-state index is 12.4. The Kier molecular flexibility index (Phi) is 4.76. The predicted octanol–water partition coefficient (Wildman–Crippen LogP) is 3.54. The van der Waals surface area contributed by atoms with Crippen molar-refractivity contribution in [3.63, 3.8) is 0 Å². The van der Waals surface area contributed by atoms with Gasteiger partial charge in [-0.1, -0.05) is 30.3 Å². The van der Waals surface area contributed by atoms with E-state index in [0.717, 1.165) is 22.2 Å². The molecule has 1 saturated heterocycles. The molecule has 2 heterocycles. The first-order valence-electron chi connectivity index (χ1n) is 7.51. The van der Waals surface area contributed by atoms with E-state index in [-0.39, 0.29) is 4.91 Å². The third-order valence-corrected chi connectivity index (χ3v) is 4.60. The molecular weight excluding hydrogens is 342 g/mol. The normalized spacial score (nSPS) is 17.2. The van der Waals surface area contributed by atoms with E-state index in [2.05, 4.69) is 4.74 Å². The number of rotatable bonds is 4. The first kappa shape index (κ1) is 17.0. The second-order valence-corrected chi connectivity index (χ2v) is 6.31. The van der Waals surface area contributed by atoms with Crippen LogP contribution in [0, 0.1) is 0 Å². The summed E-state index contributed by atoms with van der Waals surface area (Å²) in [6, 6.07) is 12.1. The number of nitrogens with zero attached hydrogens (tertiary/aromatic N) is 1. The molecule has 6 nitrogen and oxygen atoms in total. The zero-order valence-electron chi connectivity index (χ0n) is 13.6. The van der Waals surface area contributed by atoms with Crippen molar-refractivity contribution >= 4 is 35.0 Å². The summed E-state index contributed by atoms with van der Waals surface area (Å²) in [5.74, 6) is -0.0671. The van der Waals surface area contributed by atoms with Crippen LogP contribution in [0.2, 0.25) is 0 Å². The molecule has 2 aromatic rings. The van der Waals surface area contributed by atoms with Gasteiger partial charge in [0.05, 0.1) is 12.0 Å². The lowest BCUT2D eigenvalue weighted by atomic mass is 10.2. The van der Waals surface area contributed by atoms with E-state index in [1.54, 1.807) is 12.1 Å². The molecule has 3 rings (SSSR count). The molecule has 1 aliphatic heterocycles. The van der Waals surface area contributed by atoms with Crippen LogP contribution in [0.15, 0.2) is 51.8 Å². The van der Waals surface area contributed by atoms with Crippen LogP contribution < -0.4 is 0 Å². The minimum Gasteiger partial charge on any atom is -0.467 e. The second kappa shape index (κ2) is 6.98. The van der Waals surface area contributed by atoms with Gasteiger partial charge in [-0.15, -0.1) is 0 Å². The molecule has 2 amide bonds. The van der Waals surface area contributed by atoms with Crippen molar-refractivity contribution < 1.29 is 23.5 Å². The molecule has 0 unspecified atom stereocenters. The van der Waals surface area contributed by atoms with E-state index in [1.807, 2.05) is 30.3 Å². The number of amides is 2. The summed E-state index contributed by atoms with van der Waals surface area (Å²) in [6.07, 6.45) is 1.50. The second-order valence-electron chi connectivity index (χ2n) is 5.32. The highest BCUT2D eigenvalue weighted by molar-refractivity contribution is 8.18. The molecule has 0 spiro atoms. The fraction of sp³-hybridized carbons (Fsp3) is 0.167. The molecule has 0 bridgehead atoms. The molecule has 7 heteroatoms.